The number of H-pyrrole nitrogens is 1. The van der Waals surface area contributed by atoms with Crippen molar-refractivity contribution in [2.24, 2.45) is 5.92 Å². The number of piperidine rings is 1. The highest BCUT2D eigenvalue weighted by Gasteiger charge is 2.24. The van der Waals surface area contributed by atoms with Gasteiger partial charge in [0.05, 0.1) is 0 Å². The lowest BCUT2D eigenvalue weighted by molar-refractivity contribution is 0.0685. The minimum atomic E-state index is -0.301. The Bertz CT molecular complexity index is 882. The highest BCUT2D eigenvalue weighted by atomic mass is 19.1. The molecular formula is C20H20FN3O. The third kappa shape index (κ3) is 3.40. The fourth-order valence-electron chi connectivity index (χ4n) is 3.58. The average molecular weight is 337 g/mol. The number of carbonyl (C=O) groups excluding carboxylic acids is 1. The molecule has 25 heavy (non-hydrogen) atoms. The Morgan fingerprint density at radius 3 is 2.68 bits per heavy atom. The van der Waals surface area contributed by atoms with E-state index in [1.54, 1.807) is 12.1 Å². The van der Waals surface area contributed by atoms with Gasteiger partial charge < -0.3 is 9.88 Å². The molecule has 4 rings (SSSR count). The number of nitrogens with zero attached hydrogens (tertiary/aromatic N) is 2. The number of hydrogen-bond donors (Lipinski definition) is 1. The van der Waals surface area contributed by atoms with Gasteiger partial charge in [-0.05, 0) is 67.1 Å². The quantitative estimate of drug-likeness (QED) is 0.790. The van der Waals surface area contributed by atoms with Gasteiger partial charge in [-0.15, -0.1) is 0 Å². The average Bonchev–Trinajstić information content (AvgIpc) is 3.06. The van der Waals surface area contributed by atoms with Gasteiger partial charge in [0.2, 0.25) is 0 Å². The van der Waals surface area contributed by atoms with E-state index in [0.29, 0.717) is 17.1 Å². The molecule has 5 heteroatoms. The van der Waals surface area contributed by atoms with E-state index in [1.165, 1.54) is 17.7 Å². The highest BCUT2D eigenvalue weighted by Crippen LogP contribution is 2.24. The third-order valence-electron chi connectivity index (χ3n) is 4.99. The molecule has 0 saturated carbocycles. The van der Waals surface area contributed by atoms with Gasteiger partial charge in [-0.25, -0.2) is 4.39 Å². The molecule has 0 atom stereocenters. The van der Waals surface area contributed by atoms with Gasteiger partial charge in [-0.3, -0.25) is 9.78 Å². The molecule has 4 nitrogen and oxygen atoms in total. The van der Waals surface area contributed by atoms with E-state index < -0.39 is 0 Å². The molecule has 0 bridgehead atoms. The molecule has 0 unspecified atom stereocenters. The molecule has 128 valence electrons. The van der Waals surface area contributed by atoms with Crippen molar-refractivity contribution in [2.45, 2.75) is 19.3 Å². The summed E-state index contributed by atoms with van der Waals surface area (Å²) >= 11 is 0. The van der Waals surface area contributed by atoms with E-state index in [1.807, 2.05) is 17.3 Å². The van der Waals surface area contributed by atoms with Gasteiger partial charge in [0.15, 0.2) is 0 Å². The van der Waals surface area contributed by atoms with Crippen molar-refractivity contribution in [3.05, 3.63) is 65.9 Å². The summed E-state index contributed by atoms with van der Waals surface area (Å²) in [7, 11) is 0. The normalized spacial score (nSPS) is 15.6. The predicted molar refractivity (Wildman–Crippen MR) is 94.8 cm³/mol. The summed E-state index contributed by atoms with van der Waals surface area (Å²) in [5.41, 5.74) is 2.50. The minimum absolute atomic E-state index is 0.000954. The van der Waals surface area contributed by atoms with Crippen LogP contribution in [0, 0.1) is 11.7 Å². The first kappa shape index (κ1) is 15.8. The van der Waals surface area contributed by atoms with Crippen LogP contribution in [0.5, 0.6) is 0 Å². The van der Waals surface area contributed by atoms with Crippen LogP contribution in [0.25, 0.3) is 10.9 Å². The highest BCUT2D eigenvalue weighted by molar-refractivity contribution is 5.98. The summed E-state index contributed by atoms with van der Waals surface area (Å²) in [5.74, 6) is 0.299. The molecule has 1 fully saturated rings. The zero-order chi connectivity index (χ0) is 17.2. The van der Waals surface area contributed by atoms with E-state index in [9.17, 15) is 9.18 Å². The fraction of sp³-hybridized carbons (Fsp3) is 0.300. The Morgan fingerprint density at radius 1 is 1.16 bits per heavy atom. The molecule has 3 aromatic rings. The molecule has 2 aromatic heterocycles. The summed E-state index contributed by atoms with van der Waals surface area (Å²) in [6.45, 7) is 1.52. The van der Waals surface area contributed by atoms with Crippen LogP contribution in [0.4, 0.5) is 4.39 Å². The molecule has 0 spiro atoms. The molecule has 3 heterocycles. The molecule has 1 amide bonds. The fourth-order valence-corrected chi connectivity index (χ4v) is 3.58. The maximum Gasteiger partial charge on any atom is 0.270 e. The van der Waals surface area contributed by atoms with Crippen LogP contribution >= 0.6 is 0 Å². The monoisotopic (exact) mass is 337 g/mol. The van der Waals surface area contributed by atoms with Crippen LogP contribution in [-0.4, -0.2) is 33.9 Å². The molecule has 0 radical (unpaired) electrons. The Labute approximate surface area is 145 Å². The molecule has 1 aliphatic heterocycles. The second kappa shape index (κ2) is 6.67. The van der Waals surface area contributed by atoms with E-state index in [-0.39, 0.29) is 11.7 Å². The minimum Gasteiger partial charge on any atom is -0.350 e. The zero-order valence-corrected chi connectivity index (χ0v) is 13.9. The van der Waals surface area contributed by atoms with Gasteiger partial charge in [-0.1, -0.05) is 0 Å². The second-order valence-electron chi connectivity index (χ2n) is 6.71. The number of aromatic amines is 1. The Balaban J connectivity index is 1.40. The van der Waals surface area contributed by atoms with Gasteiger partial charge >= 0.3 is 0 Å². The van der Waals surface area contributed by atoms with Gasteiger partial charge in [0, 0.05) is 36.4 Å². The summed E-state index contributed by atoms with van der Waals surface area (Å²) in [4.78, 5) is 21.7. The summed E-state index contributed by atoms with van der Waals surface area (Å²) in [6, 6.07) is 10.4. The van der Waals surface area contributed by atoms with Crippen molar-refractivity contribution < 1.29 is 9.18 Å². The molecule has 0 aliphatic carbocycles. The van der Waals surface area contributed by atoms with Crippen molar-refractivity contribution in [3.63, 3.8) is 0 Å². The standard InChI is InChI=1S/C20H20FN3O/c21-17-2-1-16-12-19(23-18(16)13-17)20(25)24-9-5-15(6-10-24)11-14-3-7-22-8-4-14/h1-4,7-8,12-13,15,23H,5-6,9-11H2. The van der Waals surface area contributed by atoms with Gasteiger partial charge in [0.1, 0.15) is 11.5 Å². The Morgan fingerprint density at radius 2 is 1.92 bits per heavy atom. The summed E-state index contributed by atoms with van der Waals surface area (Å²) in [5, 5.41) is 0.859. The Kier molecular flexibility index (Phi) is 4.22. The van der Waals surface area contributed by atoms with E-state index in [0.717, 1.165) is 37.7 Å². The topological polar surface area (TPSA) is 49.0 Å². The van der Waals surface area contributed by atoms with Crippen molar-refractivity contribution in [2.75, 3.05) is 13.1 Å². The molecule has 1 aliphatic rings. The predicted octanol–water partition coefficient (Wildman–Crippen LogP) is 3.80. The van der Waals surface area contributed by atoms with Crippen LogP contribution in [0.2, 0.25) is 0 Å². The molecule has 1 aromatic carbocycles. The summed E-state index contributed by atoms with van der Waals surface area (Å²) < 4.78 is 13.3. The lowest BCUT2D eigenvalue weighted by Gasteiger charge is -2.31. The van der Waals surface area contributed by atoms with Gasteiger partial charge in [-0.2, -0.15) is 0 Å². The zero-order valence-electron chi connectivity index (χ0n) is 13.9. The number of carbonyl (C=O) groups is 1. The smallest absolute Gasteiger partial charge is 0.270 e. The number of benzene rings is 1. The molecule has 1 N–H and O–H groups in total. The first-order chi connectivity index (χ1) is 12.2. The second-order valence-corrected chi connectivity index (χ2v) is 6.71. The van der Waals surface area contributed by atoms with Crippen molar-refractivity contribution >= 4 is 16.8 Å². The Hall–Kier alpha value is -2.69. The number of hydrogen-bond acceptors (Lipinski definition) is 2. The third-order valence-corrected chi connectivity index (χ3v) is 4.99. The SMILES string of the molecule is O=C(c1cc2ccc(F)cc2[nH]1)N1CCC(Cc2ccncc2)CC1. The number of pyridine rings is 1. The van der Waals surface area contributed by atoms with Crippen LogP contribution < -0.4 is 0 Å². The lowest BCUT2D eigenvalue weighted by Crippen LogP contribution is -2.39. The van der Waals surface area contributed by atoms with Crippen molar-refractivity contribution in [1.82, 2.24) is 14.9 Å². The van der Waals surface area contributed by atoms with E-state index in [2.05, 4.69) is 22.1 Å². The van der Waals surface area contributed by atoms with E-state index in [4.69, 9.17) is 0 Å². The van der Waals surface area contributed by atoms with Crippen LogP contribution in [0.3, 0.4) is 0 Å². The van der Waals surface area contributed by atoms with E-state index >= 15 is 0 Å². The lowest BCUT2D eigenvalue weighted by atomic mass is 9.90. The first-order valence-electron chi connectivity index (χ1n) is 8.65. The first-order valence-corrected chi connectivity index (χ1v) is 8.65. The maximum absolute atomic E-state index is 13.3. The number of aromatic nitrogens is 2. The van der Waals surface area contributed by atoms with Crippen LogP contribution in [0.1, 0.15) is 28.9 Å². The number of rotatable bonds is 3. The number of likely N-dealkylation sites (tertiary alicyclic amines) is 1. The molecule has 1 saturated heterocycles. The number of fused-ring (bicyclic) bond motifs is 1. The number of nitrogens with one attached hydrogen (secondary N) is 1. The van der Waals surface area contributed by atoms with Crippen LogP contribution in [0.15, 0.2) is 48.8 Å². The number of amides is 1. The maximum atomic E-state index is 13.3. The van der Waals surface area contributed by atoms with Crippen molar-refractivity contribution in [3.8, 4) is 0 Å². The largest absolute Gasteiger partial charge is 0.350 e. The van der Waals surface area contributed by atoms with Gasteiger partial charge in [0.25, 0.3) is 5.91 Å². The van der Waals surface area contributed by atoms with Crippen molar-refractivity contribution in [1.29, 1.82) is 0 Å². The molecular weight excluding hydrogens is 317 g/mol. The number of halogens is 1. The summed E-state index contributed by atoms with van der Waals surface area (Å²) in [6.07, 6.45) is 6.70. The van der Waals surface area contributed by atoms with Crippen LogP contribution in [-0.2, 0) is 6.42 Å².